The van der Waals surface area contributed by atoms with Crippen LogP contribution in [0.2, 0.25) is 0 Å². The molecule has 2 aliphatic rings. The van der Waals surface area contributed by atoms with Crippen LogP contribution in [0.5, 0.6) is 0 Å². The van der Waals surface area contributed by atoms with Crippen LogP contribution in [0.4, 0.5) is 8.78 Å². The number of piperidine rings is 1. The number of hydrogen-bond donors (Lipinski definition) is 2. The SMILES string of the molecule is Cl.O=S(=O)(NC1C2CNCC21)c1cc(F)cc(F)c1. The summed E-state index contributed by atoms with van der Waals surface area (Å²) in [7, 11) is -3.84. The maximum absolute atomic E-state index is 13.0. The molecule has 4 nitrogen and oxygen atoms in total. The van der Waals surface area contributed by atoms with Gasteiger partial charge in [-0.3, -0.25) is 0 Å². The zero-order chi connectivity index (χ0) is 12.9. The molecule has 1 aromatic rings. The van der Waals surface area contributed by atoms with Gasteiger partial charge in [0.1, 0.15) is 11.6 Å². The summed E-state index contributed by atoms with van der Waals surface area (Å²) < 4.78 is 52.4. The molecule has 1 saturated carbocycles. The van der Waals surface area contributed by atoms with E-state index in [0.29, 0.717) is 17.9 Å². The zero-order valence-corrected chi connectivity index (χ0v) is 11.4. The first-order chi connectivity index (χ1) is 8.47. The predicted octanol–water partition coefficient (Wildman–Crippen LogP) is 0.883. The van der Waals surface area contributed by atoms with E-state index in [-0.39, 0.29) is 23.3 Å². The van der Waals surface area contributed by atoms with Crippen molar-refractivity contribution in [1.82, 2.24) is 10.0 Å². The molecule has 1 heterocycles. The maximum atomic E-state index is 13.0. The number of nitrogens with one attached hydrogen (secondary N) is 2. The van der Waals surface area contributed by atoms with Crippen LogP contribution >= 0.6 is 12.4 Å². The molecular weight excluding hydrogens is 298 g/mol. The molecule has 0 radical (unpaired) electrons. The molecule has 1 saturated heterocycles. The molecule has 0 bridgehead atoms. The van der Waals surface area contributed by atoms with Gasteiger partial charge < -0.3 is 5.32 Å². The van der Waals surface area contributed by atoms with Crippen molar-refractivity contribution in [1.29, 1.82) is 0 Å². The molecule has 1 aliphatic heterocycles. The summed E-state index contributed by atoms with van der Waals surface area (Å²) in [5.41, 5.74) is 0. The van der Waals surface area contributed by atoms with Crippen LogP contribution in [-0.4, -0.2) is 27.5 Å². The first-order valence-electron chi connectivity index (χ1n) is 5.66. The van der Waals surface area contributed by atoms with Crippen molar-refractivity contribution in [2.75, 3.05) is 13.1 Å². The van der Waals surface area contributed by atoms with Gasteiger partial charge in [0, 0.05) is 12.1 Å². The van der Waals surface area contributed by atoms with Gasteiger partial charge in [-0.15, -0.1) is 12.4 Å². The van der Waals surface area contributed by atoms with Crippen LogP contribution in [-0.2, 0) is 10.0 Å². The van der Waals surface area contributed by atoms with Crippen molar-refractivity contribution < 1.29 is 17.2 Å². The molecule has 3 rings (SSSR count). The van der Waals surface area contributed by atoms with E-state index in [9.17, 15) is 17.2 Å². The average Bonchev–Trinajstić information content (AvgIpc) is 2.73. The van der Waals surface area contributed by atoms with Crippen LogP contribution in [0, 0.1) is 23.5 Å². The lowest BCUT2D eigenvalue weighted by Crippen LogP contribution is -2.32. The number of halogens is 3. The van der Waals surface area contributed by atoms with Crippen LogP contribution < -0.4 is 10.0 Å². The van der Waals surface area contributed by atoms with E-state index in [4.69, 9.17) is 0 Å². The van der Waals surface area contributed by atoms with Crippen molar-refractivity contribution in [2.45, 2.75) is 10.9 Å². The highest BCUT2D eigenvalue weighted by molar-refractivity contribution is 7.89. The van der Waals surface area contributed by atoms with Crippen LogP contribution in [0.1, 0.15) is 0 Å². The zero-order valence-electron chi connectivity index (χ0n) is 9.77. The lowest BCUT2D eigenvalue weighted by atomic mass is 10.3. The second-order valence-corrected chi connectivity index (χ2v) is 6.45. The smallest absolute Gasteiger partial charge is 0.241 e. The van der Waals surface area contributed by atoms with Gasteiger partial charge in [-0.1, -0.05) is 0 Å². The molecule has 0 amide bonds. The third kappa shape index (κ3) is 2.74. The van der Waals surface area contributed by atoms with E-state index < -0.39 is 21.7 Å². The molecule has 2 fully saturated rings. The molecule has 1 aromatic carbocycles. The Bertz CT molecular complexity index is 566. The van der Waals surface area contributed by atoms with Gasteiger partial charge in [0.05, 0.1) is 4.90 Å². The lowest BCUT2D eigenvalue weighted by molar-refractivity contribution is 0.553. The predicted molar refractivity (Wildman–Crippen MR) is 67.6 cm³/mol. The summed E-state index contributed by atoms with van der Waals surface area (Å²) in [5.74, 6) is -1.18. The molecule has 0 aromatic heterocycles. The Labute approximate surface area is 116 Å². The highest BCUT2D eigenvalue weighted by atomic mass is 35.5. The van der Waals surface area contributed by atoms with Gasteiger partial charge >= 0.3 is 0 Å². The lowest BCUT2D eigenvalue weighted by Gasteiger charge is -2.09. The molecule has 2 N–H and O–H groups in total. The van der Waals surface area contributed by atoms with Crippen molar-refractivity contribution in [2.24, 2.45) is 11.8 Å². The second-order valence-electron chi connectivity index (χ2n) is 4.74. The molecule has 2 unspecified atom stereocenters. The van der Waals surface area contributed by atoms with Gasteiger partial charge in [0.2, 0.25) is 10.0 Å². The number of rotatable bonds is 3. The summed E-state index contributed by atoms with van der Waals surface area (Å²) in [6.07, 6.45) is 0. The molecule has 8 heteroatoms. The topological polar surface area (TPSA) is 58.2 Å². The van der Waals surface area contributed by atoms with Gasteiger partial charge in [0.15, 0.2) is 0 Å². The number of sulfonamides is 1. The van der Waals surface area contributed by atoms with Crippen molar-refractivity contribution in [3.8, 4) is 0 Å². The van der Waals surface area contributed by atoms with Gasteiger partial charge in [-0.25, -0.2) is 21.9 Å². The maximum Gasteiger partial charge on any atom is 0.241 e. The molecule has 0 spiro atoms. The summed E-state index contributed by atoms with van der Waals surface area (Å²) in [6.45, 7) is 1.57. The number of benzene rings is 1. The number of hydrogen-bond acceptors (Lipinski definition) is 3. The van der Waals surface area contributed by atoms with E-state index in [2.05, 4.69) is 10.0 Å². The first kappa shape index (κ1) is 14.6. The molecule has 1 aliphatic carbocycles. The van der Waals surface area contributed by atoms with Crippen molar-refractivity contribution >= 4 is 22.4 Å². The molecule has 106 valence electrons. The fourth-order valence-corrected chi connectivity index (χ4v) is 3.90. The minimum atomic E-state index is -3.84. The van der Waals surface area contributed by atoms with Crippen molar-refractivity contribution in [3.63, 3.8) is 0 Å². The van der Waals surface area contributed by atoms with E-state index in [1.54, 1.807) is 0 Å². The van der Waals surface area contributed by atoms with E-state index >= 15 is 0 Å². The van der Waals surface area contributed by atoms with Crippen LogP contribution in [0.25, 0.3) is 0 Å². The third-order valence-corrected chi connectivity index (χ3v) is 4.97. The first-order valence-corrected chi connectivity index (χ1v) is 7.15. The largest absolute Gasteiger partial charge is 0.316 e. The summed E-state index contributed by atoms with van der Waals surface area (Å²) in [5, 5.41) is 3.14. The summed E-state index contributed by atoms with van der Waals surface area (Å²) >= 11 is 0. The normalized spacial score (nSPS) is 28.6. The quantitative estimate of drug-likeness (QED) is 0.871. The standard InChI is InChI=1S/C11H12F2N2O2S.ClH/c12-6-1-7(13)3-8(2-6)18(16,17)15-11-9-4-14-5-10(9)11;/h1-3,9-11,14-15H,4-5H2;1H. The Kier molecular flexibility index (Phi) is 3.83. The molecular formula is C11H13ClF2N2O2S. The summed E-state index contributed by atoms with van der Waals surface area (Å²) in [4.78, 5) is -0.363. The monoisotopic (exact) mass is 310 g/mol. The van der Waals surface area contributed by atoms with Gasteiger partial charge in [-0.05, 0) is 37.1 Å². The summed E-state index contributed by atoms with van der Waals surface area (Å²) in [6, 6.07) is 2.18. The minimum absolute atomic E-state index is 0. The fraction of sp³-hybridized carbons (Fsp3) is 0.455. The molecule has 19 heavy (non-hydrogen) atoms. The number of fused-ring (bicyclic) bond motifs is 1. The average molecular weight is 311 g/mol. The van der Waals surface area contributed by atoms with Gasteiger partial charge in [0.25, 0.3) is 0 Å². The fourth-order valence-electron chi connectivity index (χ4n) is 2.52. The molecule has 2 atom stereocenters. The highest BCUT2D eigenvalue weighted by Crippen LogP contribution is 2.42. The van der Waals surface area contributed by atoms with Crippen molar-refractivity contribution in [3.05, 3.63) is 29.8 Å². The second kappa shape index (κ2) is 4.97. The van der Waals surface area contributed by atoms with E-state index in [1.165, 1.54) is 0 Å². The van der Waals surface area contributed by atoms with Gasteiger partial charge in [-0.2, -0.15) is 0 Å². The Morgan fingerprint density at radius 2 is 1.63 bits per heavy atom. The Balaban J connectivity index is 0.00000133. The highest BCUT2D eigenvalue weighted by Gasteiger charge is 2.54. The Morgan fingerprint density at radius 3 is 2.16 bits per heavy atom. The van der Waals surface area contributed by atoms with E-state index in [1.807, 2.05) is 0 Å². The van der Waals surface area contributed by atoms with E-state index in [0.717, 1.165) is 25.2 Å². The minimum Gasteiger partial charge on any atom is -0.316 e. The third-order valence-electron chi connectivity index (χ3n) is 3.53. The Hall–Kier alpha value is -0.760. The van der Waals surface area contributed by atoms with Crippen LogP contribution in [0.15, 0.2) is 23.1 Å². The Morgan fingerprint density at radius 1 is 1.11 bits per heavy atom. The van der Waals surface area contributed by atoms with Crippen LogP contribution in [0.3, 0.4) is 0 Å².